The van der Waals surface area contributed by atoms with Gasteiger partial charge in [0.15, 0.2) is 17.2 Å². The molecule has 26 heavy (non-hydrogen) atoms. The van der Waals surface area contributed by atoms with Crippen LogP contribution in [0.1, 0.15) is 27.7 Å². The van der Waals surface area contributed by atoms with Crippen molar-refractivity contribution in [2.75, 3.05) is 20.8 Å². The van der Waals surface area contributed by atoms with E-state index < -0.39 is 6.09 Å². The molecule has 0 aliphatic rings. The third-order valence-electron chi connectivity index (χ3n) is 4.29. The van der Waals surface area contributed by atoms with Gasteiger partial charge in [0.2, 0.25) is 0 Å². The van der Waals surface area contributed by atoms with Gasteiger partial charge in [-0.3, -0.25) is 4.79 Å². The maximum Gasteiger partial charge on any atom is 0.415 e. The number of nitrogens with zero attached hydrogens (tertiary/aromatic N) is 2. The standard InChI is InChI=1S/C19H26N2O5/c1-7-20-11-17(26-19(23)21(8-2)12(3)4)13-9-15(24-5)16(25-6)10-14(13)18(20)22/h9-12H,7-8H2,1-6H3. The zero-order chi connectivity index (χ0) is 19.4. The Morgan fingerprint density at radius 3 is 2.12 bits per heavy atom. The van der Waals surface area contributed by atoms with Crippen molar-refractivity contribution >= 4 is 16.9 Å². The van der Waals surface area contributed by atoms with Gasteiger partial charge < -0.3 is 23.7 Å². The van der Waals surface area contributed by atoms with Crippen molar-refractivity contribution in [1.82, 2.24) is 9.47 Å². The van der Waals surface area contributed by atoms with Crippen molar-refractivity contribution in [2.24, 2.45) is 0 Å². The number of pyridine rings is 1. The van der Waals surface area contributed by atoms with E-state index in [9.17, 15) is 9.59 Å². The summed E-state index contributed by atoms with van der Waals surface area (Å²) in [5.74, 6) is 1.22. The molecule has 1 aromatic heterocycles. The molecular weight excluding hydrogens is 336 g/mol. The number of fused-ring (bicyclic) bond motifs is 1. The van der Waals surface area contributed by atoms with Crippen molar-refractivity contribution in [2.45, 2.75) is 40.3 Å². The molecule has 1 heterocycles. The van der Waals surface area contributed by atoms with Gasteiger partial charge in [0.1, 0.15) is 0 Å². The topological polar surface area (TPSA) is 70.0 Å². The van der Waals surface area contributed by atoms with Crippen LogP contribution in [0, 0.1) is 0 Å². The van der Waals surface area contributed by atoms with Gasteiger partial charge in [0.25, 0.3) is 5.56 Å². The van der Waals surface area contributed by atoms with Gasteiger partial charge in [-0.05, 0) is 39.8 Å². The van der Waals surface area contributed by atoms with Crippen LogP contribution in [0.2, 0.25) is 0 Å². The summed E-state index contributed by atoms with van der Waals surface area (Å²) in [5.41, 5.74) is -0.181. The van der Waals surface area contributed by atoms with Gasteiger partial charge in [-0.1, -0.05) is 0 Å². The van der Waals surface area contributed by atoms with Gasteiger partial charge in [-0.15, -0.1) is 0 Å². The number of hydrogen-bond acceptors (Lipinski definition) is 5. The Balaban J connectivity index is 2.66. The summed E-state index contributed by atoms with van der Waals surface area (Å²) in [5, 5.41) is 0.910. The number of aromatic nitrogens is 1. The zero-order valence-corrected chi connectivity index (χ0v) is 16.2. The average molecular weight is 362 g/mol. The van der Waals surface area contributed by atoms with Crippen LogP contribution in [-0.2, 0) is 6.54 Å². The monoisotopic (exact) mass is 362 g/mol. The zero-order valence-electron chi connectivity index (χ0n) is 16.2. The fourth-order valence-corrected chi connectivity index (χ4v) is 2.86. The fourth-order valence-electron chi connectivity index (χ4n) is 2.86. The molecule has 0 aliphatic carbocycles. The normalized spacial score (nSPS) is 10.9. The van der Waals surface area contributed by atoms with E-state index in [0.717, 1.165) is 0 Å². The summed E-state index contributed by atoms with van der Waals surface area (Å²) in [4.78, 5) is 26.8. The first kappa shape index (κ1) is 19.6. The minimum absolute atomic E-state index is 0.00507. The smallest absolute Gasteiger partial charge is 0.415 e. The van der Waals surface area contributed by atoms with E-state index in [-0.39, 0.29) is 11.6 Å². The molecule has 1 amide bonds. The Hall–Kier alpha value is -2.70. The number of amides is 1. The number of benzene rings is 1. The highest BCUT2D eigenvalue weighted by Crippen LogP contribution is 2.35. The quantitative estimate of drug-likeness (QED) is 0.789. The number of hydrogen-bond donors (Lipinski definition) is 0. The summed E-state index contributed by atoms with van der Waals surface area (Å²) < 4.78 is 17.8. The van der Waals surface area contributed by atoms with Gasteiger partial charge in [-0.2, -0.15) is 0 Å². The number of carbonyl (C=O) groups excluding carboxylic acids is 1. The van der Waals surface area contributed by atoms with Crippen LogP contribution >= 0.6 is 0 Å². The van der Waals surface area contributed by atoms with Crippen LogP contribution in [-0.4, -0.2) is 42.4 Å². The largest absolute Gasteiger partial charge is 0.493 e. The van der Waals surface area contributed by atoms with Crippen LogP contribution in [0.25, 0.3) is 10.8 Å². The number of carbonyl (C=O) groups is 1. The molecule has 0 aliphatic heterocycles. The van der Waals surface area contributed by atoms with E-state index in [1.54, 1.807) is 23.2 Å². The van der Waals surface area contributed by atoms with Gasteiger partial charge in [-0.25, -0.2) is 4.79 Å². The third kappa shape index (κ3) is 3.61. The third-order valence-corrected chi connectivity index (χ3v) is 4.29. The second-order valence-corrected chi connectivity index (χ2v) is 6.09. The molecule has 7 nitrogen and oxygen atoms in total. The van der Waals surface area contributed by atoms with Crippen molar-refractivity contribution in [3.63, 3.8) is 0 Å². The van der Waals surface area contributed by atoms with Crippen LogP contribution in [0.3, 0.4) is 0 Å². The number of ether oxygens (including phenoxy) is 3. The van der Waals surface area contributed by atoms with E-state index in [1.807, 2.05) is 27.7 Å². The molecular formula is C19H26N2O5. The summed E-state index contributed by atoms with van der Waals surface area (Å²) in [6.07, 6.45) is 1.10. The second-order valence-electron chi connectivity index (χ2n) is 6.09. The molecule has 0 atom stereocenters. The number of aryl methyl sites for hydroxylation is 1. The molecule has 0 spiro atoms. The van der Waals surface area contributed by atoms with E-state index in [2.05, 4.69) is 0 Å². The van der Waals surface area contributed by atoms with E-state index in [1.165, 1.54) is 18.8 Å². The maximum absolute atomic E-state index is 12.7. The second kappa shape index (κ2) is 8.12. The molecule has 1 aromatic carbocycles. The minimum Gasteiger partial charge on any atom is -0.493 e. The highest BCUT2D eigenvalue weighted by Gasteiger charge is 2.21. The lowest BCUT2D eigenvalue weighted by molar-refractivity contribution is 0.142. The molecule has 0 saturated carbocycles. The highest BCUT2D eigenvalue weighted by molar-refractivity contribution is 5.92. The Bertz CT molecular complexity index is 857. The summed E-state index contributed by atoms with van der Waals surface area (Å²) in [6, 6.07) is 3.27. The Morgan fingerprint density at radius 1 is 1.08 bits per heavy atom. The predicted octanol–water partition coefficient (Wildman–Crippen LogP) is 3.27. The fraction of sp³-hybridized carbons (Fsp3) is 0.474. The maximum atomic E-state index is 12.7. The van der Waals surface area contributed by atoms with Crippen LogP contribution in [0.15, 0.2) is 23.1 Å². The lowest BCUT2D eigenvalue weighted by Gasteiger charge is -2.24. The molecule has 142 valence electrons. The van der Waals surface area contributed by atoms with E-state index in [4.69, 9.17) is 14.2 Å². The van der Waals surface area contributed by atoms with E-state index >= 15 is 0 Å². The van der Waals surface area contributed by atoms with Crippen molar-refractivity contribution in [3.8, 4) is 17.2 Å². The van der Waals surface area contributed by atoms with Gasteiger partial charge in [0, 0.05) is 24.5 Å². The first-order valence-electron chi connectivity index (χ1n) is 8.65. The lowest BCUT2D eigenvalue weighted by Crippen LogP contribution is -2.38. The van der Waals surface area contributed by atoms with Crippen molar-refractivity contribution in [3.05, 3.63) is 28.7 Å². The Morgan fingerprint density at radius 2 is 1.65 bits per heavy atom. The first-order chi connectivity index (χ1) is 12.4. The number of rotatable bonds is 6. The molecule has 7 heteroatoms. The molecule has 2 rings (SSSR count). The molecule has 0 N–H and O–H groups in total. The van der Waals surface area contributed by atoms with Crippen LogP contribution < -0.4 is 19.8 Å². The predicted molar refractivity (Wildman–Crippen MR) is 101 cm³/mol. The molecule has 0 radical (unpaired) electrons. The Labute approximate surface area is 153 Å². The van der Waals surface area contributed by atoms with Crippen molar-refractivity contribution in [1.29, 1.82) is 0 Å². The molecule has 2 aromatic rings. The number of methoxy groups -OCH3 is 2. The molecule has 0 unspecified atom stereocenters. The average Bonchev–Trinajstić information content (AvgIpc) is 2.63. The molecule has 0 fully saturated rings. The minimum atomic E-state index is -0.458. The van der Waals surface area contributed by atoms with Crippen LogP contribution in [0.5, 0.6) is 17.2 Å². The highest BCUT2D eigenvalue weighted by atomic mass is 16.6. The summed E-state index contributed by atoms with van der Waals surface area (Å²) in [6.45, 7) is 8.56. The van der Waals surface area contributed by atoms with Gasteiger partial charge in [0.05, 0.1) is 25.8 Å². The molecule has 0 bridgehead atoms. The lowest BCUT2D eigenvalue weighted by atomic mass is 10.1. The summed E-state index contributed by atoms with van der Waals surface area (Å²) >= 11 is 0. The van der Waals surface area contributed by atoms with Crippen LogP contribution in [0.4, 0.5) is 4.79 Å². The SMILES string of the molecule is CCN(C(=O)Oc1cn(CC)c(=O)c2cc(OC)c(OC)cc12)C(C)C. The van der Waals surface area contributed by atoms with Gasteiger partial charge >= 0.3 is 6.09 Å². The first-order valence-corrected chi connectivity index (χ1v) is 8.65. The summed E-state index contributed by atoms with van der Waals surface area (Å²) in [7, 11) is 3.02. The molecule has 0 saturated heterocycles. The van der Waals surface area contributed by atoms with E-state index in [0.29, 0.717) is 41.1 Å². The Kier molecular flexibility index (Phi) is 6.13. The van der Waals surface area contributed by atoms with Crippen molar-refractivity contribution < 1.29 is 19.0 Å².